The molecule has 1 heterocycles. The number of aliphatic hydroxyl groups excluding tert-OH is 1. The van der Waals surface area contributed by atoms with Crippen LogP contribution in [-0.4, -0.2) is 39.0 Å². The summed E-state index contributed by atoms with van der Waals surface area (Å²) in [6.45, 7) is 4.64. The van der Waals surface area contributed by atoms with Crippen LogP contribution in [0.25, 0.3) is 0 Å². The van der Waals surface area contributed by atoms with Crippen molar-refractivity contribution in [1.82, 2.24) is 15.0 Å². The first-order valence-electron chi connectivity index (χ1n) is 5.78. The largest absolute Gasteiger partial charge is 0.463 e. The molecule has 8 heteroatoms. The molecule has 1 aromatic rings. The highest BCUT2D eigenvalue weighted by Gasteiger charge is 2.09. The van der Waals surface area contributed by atoms with Gasteiger partial charge in [-0.05, 0) is 12.3 Å². The molecule has 1 rings (SSSR count). The monoisotopic (exact) mass is 273 g/mol. The molecule has 18 heavy (non-hydrogen) atoms. The molecule has 0 fully saturated rings. The third-order valence-corrected chi connectivity index (χ3v) is 3.14. The number of nitrogens with two attached hydrogens (primary N) is 1. The Bertz CT molecular complexity index is 366. The maximum Gasteiger partial charge on any atom is 0.322 e. The first-order chi connectivity index (χ1) is 8.69. The van der Waals surface area contributed by atoms with Crippen LogP contribution in [0.5, 0.6) is 6.01 Å². The fourth-order valence-electron chi connectivity index (χ4n) is 0.995. The van der Waals surface area contributed by atoms with Crippen LogP contribution in [0.4, 0.5) is 5.95 Å². The SMILES string of the molecule is CCCOc1nc(NN)nc(SCC(C)CO)n1. The zero-order valence-corrected chi connectivity index (χ0v) is 11.4. The van der Waals surface area contributed by atoms with Crippen LogP contribution in [0.2, 0.25) is 0 Å². The molecule has 0 aliphatic heterocycles. The highest BCUT2D eigenvalue weighted by Crippen LogP contribution is 2.19. The lowest BCUT2D eigenvalue weighted by Crippen LogP contribution is -2.13. The van der Waals surface area contributed by atoms with Gasteiger partial charge in [0.2, 0.25) is 5.95 Å². The van der Waals surface area contributed by atoms with Crippen molar-refractivity contribution in [3.8, 4) is 6.01 Å². The van der Waals surface area contributed by atoms with Gasteiger partial charge in [-0.25, -0.2) is 5.84 Å². The average molecular weight is 273 g/mol. The average Bonchev–Trinajstić information content (AvgIpc) is 2.42. The number of aliphatic hydroxyl groups is 1. The number of hydrogen-bond donors (Lipinski definition) is 3. The summed E-state index contributed by atoms with van der Waals surface area (Å²) in [5, 5.41) is 9.49. The molecule has 1 unspecified atom stereocenters. The summed E-state index contributed by atoms with van der Waals surface area (Å²) in [4.78, 5) is 12.3. The van der Waals surface area contributed by atoms with E-state index in [1.807, 2.05) is 13.8 Å². The topological polar surface area (TPSA) is 106 Å². The van der Waals surface area contributed by atoms with E-state index in [0.717, 1.165) is 12.2 Å². The summed E-state index contributed by atoms with van der Waals surface area (Å²) < 4.78 is 5.35. The van der Waals surface area contributed by atoms with E-state index in [1.54, 1.807) is 0 Å². The minimum atomic E-state index is 0.138. The zero-order chi connectivity index (χ0) is 13.4. The number of hydrogen-bond acceptors (Lipinski definition) is 8. The molecule has 1 atom stereocenters. The van der Waals surface area contributed by atoms with E-state index < -0.39 is 0 Å². The standard InChI is InChI=1S/C10H19N5O2S/c1-3-4-17-9-12-8(15-11)13-10(14-9)18-6-7(2)5-16/h7,16H,3-6,11H2,1-2H3,(H,12,13,14,15). The number of aromatic nitrogens is 3. The summed E-state index contributed by atoms with van der Waals surface area (Å²) in [5.41, 5.74) is 2.38. The van der Waals surface area contributed by atoms with Gasteiger partial charge in [0.15, 0.2) is 5.16 Å². The van der Waals surface area contributed by atoms with Crippen LogP contribution in [0.3, 0.4) is 0 Å². The Balaban J connectivity index is 2.70. The summed E-state index contributed by atoms with van der Waals surface area (Å²) in [5.74, 6) is 6.47. The van der Waals surface area contributed by atoms with E-state index >= 15 is 0 Å². The van der Waals surface area contributed by atoms with Crippen molar-refractivity contribution in [1.29, 1.82) is 0 Å². The molecule has 0 aliphatic carbocycles. The smallest absolute Gasteiger partial charge is 0.322 e. The van der Waals surface area contributed by atoms with Gasteiger partial charge in [0, 0.05) is 12.4 Å². The Morgan fingerprint density at radius 1 is 1.44 bits per heavy atom. The quantitative estimate of drug-likeness (QED) is 0.360. The fourth-order valence-corrected chi connectivity index (χ4v) is 1.83. The van der Waals surface area contributed by atoms with Gasteiger partial charge in [-0.3, -0.25) is 5.43 Å². The number of nitrogens with zero attached hydrogens (tertiary/aromatic N) is 3. The molecule has 0 aromatic carbocycles. The number of thioether (sulfide) groups is 1. The molecule has 0 bridgehead atoms. The molecule has 0 saturated heterocycles. The Kier molecular flexibility index (Phi) is 6.69. The van der Waals surface area contributed by atoms with Gasteiger partial charge in [-0.2, -0.15) is 15.0 Å². The molecule has 4 N–H and O–H groups in total. The van der Waals surface area contributed by atoms with Gasteiger partial charge in [-0.1, -0.05) is 25.6 Å². The summed E-state index contributed by atoms with van der Waals surface area (Å²) >= 11 is 1.43. The first-order valence-corrected chi connectivity index (χ1v) is 6.77. The lowest BCUT2D eigenvalue weighted by molar-refractivity contribution is 0.250. The number of hydrazine groups is 1. The summed E-state index contributed by atoms with van der Waals surface area (Å²) in [6, 6.07) is 0.263. The van der Waals surface area contributed by atoms with Crippen molar-refractivity contribution in [2.24, 2.45) is 11.8 Å². The van der Waals surface area contributed by atoms with Crippen LogP contribution in [0, 0.1) is 5.92 Å². The molecule has 7 nitrogen and oxygen atoms in total. The van der Waals surface area contributed by atoms with Crippen molar-refractivity contribution in [2.75, 3.05) is 24.4 Å². The predicted octanol–water partition coefficient (Wildman–Crippen LogP) is 0.666. The number of nitrogens with one attached hydrogen (secondary N) is 1. The minimum Gasteiger partial charge on any atom is -0.463 e. The van der Waals surface area contributed by atoms with Crippen molar-refractivity contribution in [2.45, 2.75) is 25.4 Å². The second-order valence-electron chi connectivity index (χ2n) is 3.82. The highest BCUT2D eigenvalue weighted by molar-refractivity contribution is 7.99. The lowest BCUT2D eigenvalue weighted by atomic mass is 10.2. The molecule has 0 radical (unpaired) electrons. The number of nitrogen functional groups attached to an aromatic ring is 1. The van der Waals surface area contributed by atoms with Crippen LogP contribution in [0.1, 0.15) is 20.3 Å². The third kappa shape index (κ3) is 5.03. The number of rotatable bonds is 8. The molecule has 0 amide bonds. The Hall–Kier alpha value is -1.12. The maximum absolute atomic E-state index is 8.96. The van der Waals surface area contributed by atoms with Crippen molar-refractivity contribution in [3.63, 3.8) is 0 Å². The van der Waals surface area contributed by atoms with Crippen LogP contribution >= 0.6 is 11.8 Å². The van der Waals surface area contributed by atoms with Crippen molar-refractivity contribution >= 4 is 17.7 Å². The Morgan fingerprint density at radius 3 is 2.83 bits per heavy atom. The highest BCUT2D eigenvalue weighted by atomic mass is 32.2. The number of ether oxygens (including phenoxy) is 1. The van der Waals surface area contributed by atoms with Gasteiger partial charge < -0.3 is 9.84 Å². The van der Waals surface area contributed by atoms with Gasteiger partial charge >= 0.3 is 6.01 Å². The molecule has 1 aromatic heterocycles. The van der Waals surface area contributed by atoms with Crippen LogP contribution < -0.4 is 16.0 Å². The predicted molar refractivity (Wildman–Crippen MR) is 70.4 cm³/mol. The molecule has 102 valence electrons. The zero-order valence-electron chi connectivity index (χ0n) is 10.6. The Morgan fingerprint density at radius 2 is 2.22 bits per heavy atom. The van der Waals surface area contributed by atoms with Crippen LogP contribution in [0.15, 0.2) is 5.16 Å². The second-order valence-corrected chi connectivity index (χ2v) is 4.80. The first kappa shape index (κ1) is 14.9. The maximum atomic E-state index is 8.96. The van der Waals surface area contributed by atoms with E-state index in [0.29, 0.717) is 11.8 Å². The van der Waals surface area contributed by atoms with Crippen LogP contribution in [-0.2, 0) is 0 Å². The molecular formula is C10H19N5O2S. The summed E-state index contributed by atoms with van der Waals surface area (Å²) in [7, 11) is 0. The number of anilines is 1. The molecule has 0 aliphatic rings. The van der Waals surface area contributed by atoms with Gasteiger partial charge in [-0.15, -0.1) is 0 Å². The van der Waals surface area contributed by atoms with Gasteiger partial charge in [0.25, 0.3) is 0 Å². The van der Waals surface area contributed by atoms with E-state index in [2.05, 4.69) is 20.4 Å². The minimum absolute atomic E-state index is 0.138. The van der Waals surface area contributed by atoms with E-state index in [1.165, 1.54) is 11.8 Å². The van der Waals surface area contributed by atoms with Gasteiger partial charge in [0.1, 0.15) is 0 Å². The van der Waals surface area contributed by atoms with E-state index in [-0.39, 0.29) is 24.5 Å². The lowest BCUT2D eigenvalue weighted by Gasteiger charge is -2.08. The Labute approximate surface area is 111 Å². The normalized spacial score (nSPS) is 12.2. The third-order valence-electron chi connectivity index (χ3n) is 1.97. The van der Waals surface area contributed by atoms with Crippen molar-refractivity contribution in [3.05, 3.63) is 0 Å². The molecular weight excluding hydrogens is 254 g/mol. The van der Waals surface area contributed by atoms with Crippen molar-refractivity contribution < 1.29 is 9.84 Å². The van der Waals surface area contributed by atoms with E-state index in [9.17, 15) is 0 Å². The van der Waals surface area contributed by atoms with Gasteiger partial charge in [0.05, 0.1) is 6.61 Å². The second kappa shape index (κ2) is 8.06. The molecule has 0 spiro atoms. The summed E-state index contributed by atoms with van der Waals surface area (Å²) in [6.07, 6.45) is 0.876. The van der Waals surface area contributed by atoms with E-state index in [4.69, 9.17) is 15.7 Å². The molecule has 0 saturated carbocycles. The fraction of sp³-hybridized carbons (Fsp3) is 0.700.